The lowest BCUT2D eigenvalue weighted by Gasteiger charge is -2.10. The minimum Gasteiger partial charge on any atom is -0.376 e. The Morgan fingerprint density at radius 3 is 3.12 bits per heavy atom. The molecule has 6 heteroatoms. The second-order valence-electron chi connectivity index (χ2n) is 6.03. The van der Waals surface area contributed by atoms with Crippen LogP contribution in [-0.4, -0.2) is 30.1 Å². The van der Waals surface area contributed by atoms with Gasteiger partial charge in [-0.25, -0.2) is 4.98 Å². The van der Waals surface area contributed by atoms with Crippen molar-refractivity contribution in [2.75, 3.05) is 13.2 Å². The Kier molecular flexibility index (Phi) is 5.32. The van der Waals surface area contributed by atoms with E-state index in [1.165, 1.54) is 6.08 Å². The first-order chi connectivity index (χ1) is 12.1. The third kappa shape index (κ3) is 3.98. The largest absolute Gasteiger partial charge is 0.376 e. The van der Waals surface area contributed by atoms with Crippen molar-refractivity contribution in [3.8, 4) is 6.07 Å². The summed E-state index contributed by atoms with van der Waals surface area (Å²) in [7, 11) is 0. The molecule has 25 heavy (non-hydrogen) atoms. The summed E-state index contributed by atoms with van der Waals surface area (Å²) in [6.45, 7) is 3.08. The second kappa shape index (κ2) is 7.64. The third-order valence-electron chi connectivity index (χ3n) is 4.21. The number of nitrogens with one attached hydrogen (secondary N) is 1. The smallest absolute Gasteiger partial charge is 0.262 e. The van der Waals surface area contributed by atoms with Crippen LogP contribution in [-0.2, 0) is 9.53 Å². The number of hydrogen-bond acceptors (Lipinski definition) is 4. The van der Waals surface area contributed by atoms with E-state index in [2.05, 4.69) is 10.3 Å². The van der Waals surface area contributed by atoms with Crippen LogP contribution in [0.4, 0.5) is 0 Å². The number of carbonyl (C=O) groups is 1. The molecule has 1 saturated heterocycles. The normalized spacial score (nSPS) is 17.5. The number of para-hydroxylation sites is 1. The van der Waals surface area contributed by atoms with Gasteiger partial charge >= 0.3 is 0 Å². The molecule has 1 aliphatic rings. The first kappa shape index (κ1) is 17.4. The van der Waals surface area contributed by atoms with Crippen molar-refractivity contribution >= 4 is 34.5 Å². The average molecular weight is 356 g/mol. The Labute approximate surface area is 151 Å². The van der Waals surface area contributed by atoms with E-state index in [1.807, 2.05) is 37.3 Å². The van der Waals surface area contributed by atoms with Gasteiger partial charge in [0.15, 0.2) is 0 Å². The Hall–Kier alpha value is -2.42. The van der Waals surface area contributed by atoms with Crippen molar-refractivity contribution in [3.63, 3.8) is 0 Å². The first-order valence-corrected chi connectivity index (χ1v) is 8.54. The Morgan fingerprint density at radius 2 is 2.40 bits per heavy atom. The fourth-order valence-electron chi connectivity index (χ4n) is 2.85. The number of ether oxygens (including phenoxy) is 1. The van der Waals surface area contributed by atoms with Crippen molar-refractivity contribution in [2.45, 2.75) is 25.9 Å². The van der Waals surface area contributed by atoms with E-state index < -0.39 is 5.91 Å². The van der Waals surface area contributed by atoms with Gasteiger partial charge in [0, 0.05) is 24.1 Å². The minimum atomic E-state index is -0.432. The van der Waals surface area contributed by atoms with Crippen LogP contribution < -0.4 is 5.32 Å². The topological polar surface area (TPSA) is 75.0 Å². The van der Waals surface area contributed by atoms with Gasteiger partial charge in [0.2, 0.25) is 0 Å². The monoisotopic (exact) mass is 355 g/mol. The molecule has 1 unspecified atom stereocenters. The lowest BCUT2D eigenvalue weighted by atomic mass is 10.1. The maximum atomic E-state index is 12.2. The van der Waals surface area contributed by atoms with Gasteiger partial charge in [-0.3, -0.25) is 4.79 Å². The molecule has 1 N–H and O–H groups in total. The fourth-order valence-corrected chi connectivity index (χ4v) is 3.05. The molecule has 1 fully saturated rings. The summed E-state index contributed by atoms with van der Waals surface area (Å²) in [5.74, 6) is -0.432. The molecule has 0 bridgehead atoms. The van der Waals surface area contributed by atoms with Crippen molar-refractivity contribution < 1.29 is 9.53 Å². The molecule has 0 aliphatic carbocycles. The third-order valence-corrected chi connectivity index (χ3v) is 4.51. The zero-order valence-corrected chi connectivity index (χ0v) is 14.6. The van der Waals surface area contributed by atoms with Crippen LogP contribution >= 0.6 is 11.6 Å². The predicted molar refractivity (Wildman–Crippen MR) is 97.1 cm³/mol. The van der Waals surface area contributed by atoms with Crippen molar-refractivity contribution in [3.05, 3.63) is 46.1 Å². The highest BCUT2D eigenvalue weighted by Crippen LogP contribution is 2.24. The molecule has 2 aromatic rings. The van der Waals surface area contributed by atoms with Crippen LogP contribution in [0.3, 0.4) is 0 Å². The number of pyridine rings is 1. The number of aryl methyl sites for hydroxylation is 1. The molecule has 2 heterocycles. The zero-order valence-electron chi connectivity index (χ0n) is 13.9. The summed E-state index contributed by atoms with van der Waals surface area (Å²) in [6.07, 6.45) is 3.42. The van der Waals surface area contributed by atoms with Crippen LogP contribution in [0.2, 0.25) is 5.15 Å². The number of rotatable bonds is 4. The molecule has 0 radical (unpaired) electrons. The number of nitriles is 1. The van der Waals surface area contributed by atoms with E-state index >= 15 is 0 Å². The van der Waals surface area contributed by atoms with Gasteiger partial charge in [0.1, 0.15) is 16.8 Å². The summed E-state index contributed by atoms with van der Waals surface area (Å²) in [4.78, 5) is 16.6. The van der Waals surface area contributed by atoms with Crippen LogP contribution in [0.5, 0.6) is 0 Å². The number of nitrogens with zero attached hydrogens (tertiary/aromatic N) is 2. The molecule has 5 nitrogen and oxygen atoms in total. The van der Waals surface area contributed by atoms with E-state index in [-0.39, 0.29) is 16.8 Å². The lowest BCUT2D eigenvalue weighted by Crippen LogP contribution is -2.32. The van der Waals surface area contributed by atoms with Crippen LogP contribution in [0, 0.1) is 18.3 Å². The highest BCUT2D eigenvalue weighted by atomic mass is 35.5. The highest BCUT2D eigenvalue weighted by molar-refractivity contribution is 6.31. The SMILES string of the molecule is Cc1cccc2cc(C=C(C#N)C(=O)NCC3CCCO3)c(Cl)nc12. The lowest BCUT2D eigenvalue weighted by molar-refractivity contribution is -0.117. The molecule has 3 rings (SSSR count). The number of aromatic nitrogens is 1. The molecule has 1 aromatic heterocycles. The fraction of sp³-hybridized carbons (Fsp3) is 0.316. The molecule has 1 amide bonds. The quantitative estimate of drug-likeness (QED) is 0.518. The first-order valence-electron chi connectivity index (χ1n) is 8.16. The van der Waals surface area contributed by atoms with Gasteiger partial charge in [-0.15, -0.1) is 0 Å². The number of fused-ring (bicyclic) bond motifs is 1. The number of hydrogen-bond donors (Lipinski definition) is 1. The molecule has 0 spiro atoms. The predicted octanol–water partition coefficient (Wildman–Crippen LogP) is 3.40. The Morgan fingerprint density at radius 1 is 1.56 bits per heavy atom. The van der Waals surface area contributed by atoms with Gasteiger partial charge < -0.3 is 10.1 Å². The second-order valence-corrected chi connectivity index (χ2v) is 6.39. The van der Waals surface area contributed by atoms with E-state index in [4.69, 9.17) is 16.3 Å². The van der Waals surface area contributed by atoms with Gasteiger partial charge in [0.25, 0.3) is 5.91 Å². The number of amides is 1. The van der Waals surface area contributed by atoms with Gasteiger partial charge in [-0.2, -0.15) is 5.26 Å². The summed E-state index contributed by atoms with van der Waals surface area (Å²) >= 11 is 6.24. The molecular weight excluding hydrogens is 338 g/mol. The van der Waals surface area contributed by atoms with Crippen molar-refractivity contribution in [1.82, 2.24) is 10.3 Å². The van der Waals surface area contributed by atoms with Crippen molar-refractivity contribution in [2.24, 2.45) is 0 Å². The summed E-state index contributed by atoms with van der Waals surface area (Å²) in [5.41, 5.74) is 2.37. The Balaban J connectivity index is 1.83. The van der Waals surface area contributed by atoms with Crippen LogP contribution in [0.25, 0.3) is 17.0 Å². The molecule has 1 aliphatic heterocycles. The summed E-state index contributed by atoms with van der Waals surface area (Å²) in [6, 6.07) is 9.58. The maximum absolute atomic E-state index is 12.2. The Bertz CT molecular complexity index is 880. The molecule has 1 atom stereocenters. The number of benzene rings is 1. The molecule has 0 saturated carbocycles. The highest BCUT2D eigenvalue weighted by Gasteiger charge is 2.18. The molecular formula is C19H18ClN3O2. The van der Waals surface area contributed by atoms with Crippen LogP contribution in [0.1, 0.15) is 24.0 Å². The van der Waals surface area contributed by atoms with E-state index in [1.54, 1.807) is 0 Å². The minimum absolute atomic E-state index is 0.00583. The summed E-state index contributed by atoms with van der Waals surface area (Å²) in [5, 5.41) is 13.2. The van der Waals surface area contributed by atoms with E-state index in [0.717, 1.165) is 35.9 Å². The van der Waals surface area contributed by atoms with E-state index in [0.29, 0.717) is 12.1 Å². The van der Waals surface area contributed by atoms with Crippen LogP contribution in [0.15, 0.2) is 29.8 Å². The molecule has 1 aromatic carbocycles. The zero-order chi connectivity index (χ0) is 17.8. The van der Waals surface area contributed by atoms with Gasteiger partial charge in [-0.1, -0.05) is 29.8 Å². The van der Waals surface area contributed by atoms with Crippen molar-refractivity contribution in [1.29, 1.82) is 5.26 Å². The average Bonchev–Trinajstić information content (AvgIpc) is 3.12. The number of carbonyl (C=O) groups excluding carboxylic acids is 1. The molecule has 128 valence electrons. The maximum Gasteiger partial charge on any atom is 0.262 e. The van der Waals surface area contributed by atoms with Gasteiger partial charge in [0.05, 0.1) is 11.6 Å². The van der Waals surface area contributed by atoms with E-state index in [9.17, 15) is 10.1 Å². The standard InChI is InChI=1S/C19H18ClN3O2/c1-12-4-2-5-13-8-14(18(20)23-17(12)13)9-15(10-21)19(24)22-11-16-6-3-7-25-16/h2,4-5,8-9,16H,3,6-7,11H2,1H3,(H,22,24). The summed E-state index contributed by atoms with van der Waals surface area (Å²) < 4.78 is 5.47. The van der Waals surface area contributed by atoms with Gasteiger partial charge in [-0.05, 0) is 37.5 Å². The number of halogens is 1.